The zero-order chi connectivity index (χ0) is 21.6. The lowest BCUT2D eigenvalue weighted by atomic mass is 9.90. The van der Waals surface area contributed by atoms with Crippen LogP contribution < -0.4 is 0 Å². The molecule has 1 aliphatic rings. The highest BCUT2D eigenvalue weighted by atomic mass is 32.1. The van der Waals surface area contributed by atoms with Gasteiger partial charge in [0.15, 0.2) is 6.10 Å². The maximum absolute atomic E-state index is 12.7. The van der Waals surface area contributed by atoms with E-state index in [0.29, 0.717) is 19.0 Å². The van der Waals surface area contributed by atoms with Gasteiger partial charge in [0.1, 0.15) is 5.01 Å². The van der Waals surface area contributed by atoms with E-state index in [9.17, 15) is 9.59 Å². The molecule has 1 unspecified atom stereocenters. The van der Waals surface area contributed by atoms with Gasteiger partial charge in [-0.05, 0) is 55.9 Å². The number of likely N-dealkylation sites (tertiary alicyclic amines) is 1. The molecular weight excluding hydrogens is 408 g/mol. The molecule has 5 nitrogen and oxygen atoms in total. The monoisotopic (exact) mass is 434 g/mol. The summed E-state index contributed by atoms with van der Waals surface area (Å²) in [5.74, 6) is -0.0694. The van der Waals surface area contributed by atoms with Crippen molar-refractivity contribution < 1.29 is 14.3 Å². The average molecular weight is 435 g/mol. The number of nitrogens with zero attached hydrogens (tertiary/aromatic N) is 2. The van der Waals surface area contributed by atoms with Gasteiger partial charge in [-0.25, -0.2) is 9.78 Å². The highest BCUT2D eigenvalue weighted by Gasteiger charge is 2.27. The largest absolute Gasteiger partial charge is 0.449 e. The van der Waals surface area contributed by atoms with Gasteiger partial charge in [-0.1, -0.05) is 42.5 Å². The lowest BCUT2D eigenvalue weighted by Gasteiger charge is -2.33. The molecule has 160 valence electrons. The van der Waals surface area contributed by atoms with Gasteiger partial charge in [0, 0.05) is 19.2 Å². The molecule has 0 bridgehead atoms. The van der Waals surface area contributed by atoms with Gasteiger partial charge in [0.25, 0.3) is 5.91 Å². The molecule has 3 aromatic rings. The number of carbonyl (C=O) groups excluding carboxylic acids is 2. The number of amides is 1. The summed E-state index contributed by atoms with van der Waals surface area (Å²) in [6.07, 6.45) is 5.17. The van der Waals surface area contributed by atoms with Crippen molar-refractivity contribution in [2.45, 2.75) is 32.3 Å². The molecule has 2 aromatic carbocycles. The molecule has 0 saturated carbocycles. The fourth-order valence-corrected chi connectivity index (χ4v) is 4.80. The van der Waals surface area contributed by atoms with Gasteiger partial charge in [0.05, 0.1) is 10.2 Å². The van der Waals surface area contributed by atoms with E-state index in [-0.39, 0.29) is 5.91 Å². The molecule has 2 heterocycles. The predicted octanol–water partition coefficient (Wildman–Crippen LogP) is 4.72. The minimum absolute atomic E-state index is 0.125. The first-order valence-corrected chi connectivity index (χ1v) is 11.5. The molecule has 1 aliphatic heterocycles. The summed E-state index contributed by atoms with van der Waals surface area (Å²) in [7, 11) is 0. The first-order chi connectivity index (χ1) is 15.1. The van der Waals surface area contributed by atoms with Crippen LogP contribution in [0.1, 0.15) is 30.3 Å². The number of fused-ring (bicyclic) bond motifs is 1. The Hall–Kier alpha value is -2.99. The first-order valence-electron chi connectivity index (χ1n) is 10.7. The van der Waals surface area contributed by atoms with Gasteiger partial charge in [-0.2, -0.15) is 0 Å². The average Bonchev–Trinajstić information content (AvgIpc) is 3.21. The number of ether oxygens (including phenoxy) is 1. The molecule has 0 aliphatic carbocycles. The Balaban J connectivity index is 1.25. The van der Waals surface area contributed by atoms with Crippen LogP contribution in [0.3, 0.4) is 0 Å². The van der Waals surface area contributed by atoms with E-state index in [2.05, 4.69) is 29.2 Å². The van der Waals surface area contributed by atoms with Crippen LogP contribution in [0.2, 0.25) is 0 Å². The molecule has 1 fully saturated rings. The summed E-state index contributed by atoms with van der Waals surface area (Å²) < 4.78 is 6.41. The van der Waals surface area contributed by atoms with Gasteiger partial charge in [0.2, 0.25) is 0 Å². The standard InChI is InChI=1S/C25H26N2O3S/c1-18(30-24(28)12-11-23-26-21-9-5-6-10-22(21)31-23)25(29)27-15-13-20(14-16-27)17-19-7-3-2-4-8-19/h2-12,18,20H,13-17H2,1H3/b12-11+. The van der Waals surface area contributed by atoms with Crippen LogP contribution >= 0.6 is 11.3 Å². The summed E-state index contributed by atoms with van der Waals surface area (Å²) in [4.78, 5) is 31.2. The van der Waals surface area contributed by atoms with Crippen molar-refractivity contribution in [2.24, 2.45) is 5.92 Å². The van der Waals surface area contributed by atoms with E-state index in [1.54, 1.807) is 13.0 Å². The van der Waals surface area contributed by atoms with Crippen LogP contribution in [0.5, 0.6) is 0 Å². The maximum Gasteiger partial charge on any atom is 0.331 e. The third-order valence-electron chi connectivity index (χ3n) is 5.61. The molecule has 1 saturated heterocycles. The maximum atomic E-state index is 12.7. The number of carbonyl (C=O) groups is 2. The van der Waals surface area contributed by atoms with Gasteiger partial charge >= 0.3 is 5.97 Å². The highest BCUT2D eigenvalue weighted by Crippen LogP contribution is 2.23. The summed E-state index contributed by atoms with van der Waals surface area (Å²) in [6.45, 7) is 3.06. The third-order valence-corrected chi connectivity index (χ3v) is 6.61. The molecule has 31 heavy (non-hydrogen) atoms. The molecule has 1 atom stereocenters. The Morgan fingerprint density at radius 3 is 2.58 bits per heavy atom. The van der Waals surface area contributed by atoms with Crippen molar-refractivity contribution in [3.8, 4) is 0 Å². The fraction of sp³-hybridized carbons (Fsp3) is 0.320. The highest BCUT2D eigenvalue weighted by molar-refractivity contribution is 7.19. The Labute approximate surface area is 186 Å². The van der Waals surface area contributed by atoms with E-state index >= 15 is 0 Å². The first kappa shape index (κ1) is 21.2. The lowest BCUT2D eigenvalue weighted by Crippen LogP contribution is -2.44. The van der Waals surface area contributed by atoms with Crippen LogP contribution in [0, 0.1) is 5.92 Å². The topological polar surface area (TPSA) is 59.5 Å². The van der Waals surface area contributed by atoms with E-state index in [0.717, 1.165) is 34.5 Å². The number of hydrogen-bond acceptors (Lipinski definition) is 5. The summed E-state index contributed by atoms with van der Waals surface area (Å²) in [5.41, 5.74) is 2.24. The van der Waals surface area contributed by atoms with Gasteiger partial charge in [-0.3, -0.25) is 4.79 Å². The molecule has 1 amide bonds. The zero-order valence-electron chi connectivity index (χ0n) is 17.6. The molecule has 0 spiro atoms. The number of para-hydroxylation sites is 1. The molecule has 1 aromatic heterocycles. The number of hydrogen-bond donors (Lipinski definition) is 0. The SMILES string of the molecule is CC(OC(=O)/C=C/c1nc2ccccc2s1)C(=O)N1CCC(Cc2ccccc2)CC1. The van der Waals surface area contributed by atoms with Crippen molar-refractivity contribution >= 4 is 39.5 Å². The third kappa shape index (κ3) is 5.58. The van der Waals surface area contributed by atoms with Crippen LogP contribution in [0.15, 0.2) is 60.7 Å². The van der Waals surface area contributed by atoms with E-state index in [1.165, 1.54) is 23.0 Å². The Kier molecular flexibility index (Phi) is 6.77. The number of esters is 1. The second-order valence-electron chi connectivity index (χ2n) is 7.89. The quantitative estimate of drug-likeness (QED) is 0.416. The molecule has 0 radical (unpaired) electrons. The Morgan fingerprint density at radius 1 is 1.13 bits per heavy atom. The van der Waals surface area contributed by atoms with Crippen LogP contribution in [0.25, 0.3) is 16.3 Å². The van der Waals surface area contributed by atoms with Crippen molar-refractivity contribution in [1.82, 2.24) is 9.88 Å². The van der Waals surface area contributed by atoms with E-state index in [1.807, 2.05) is 35.2 Å². The minimum atomic E-state index is -0.793. The summed E-state index contributed by atoms with van der Waals surface area (Å²) in [5, 5.41) is 0.734. The summed E-state index contributed by atoms with van der Waals surface area (Å²) >= 11 is 1.51. The number of aromatic nitrogens is 1. The smallest absolute Gasteiger partial charge is 0.331 e. The Bertz CT molecular complexity index is 1040. The predicted molar refractivity (Wildman–Crippen MR) is 124 cm³/mol. The van der Waals surface area contributed by atoms with Crippen molar-refractivity contribution in [3.63, 3.8) is 0 Å². The molecule has 0 N–H and O–H groups in total. The number of piperidine rings is 1. The number of thiazole rings is 1. The normalized spacial score (nSPS) is 16.0. The van der Waals surface area contributed by atoms with Crippen LogP contribution in [-0.2, 0) is 20.7 Å². The van der Waals surface area contributed by atoms with Crippen LogP contribution in [0.4, 0.5) is 0 Å². The fourth-order valence-electron chi connectivity index (χ4n) is 3.93. The molecular formula is C25H26N2O3S. The molecule has 4 rings (SSSR count). The summed E-state index contributed by atoms with van der Waals surface area (Å²) in [6, 6.07) is 18.3. The number of benzene rings is 2. The van der Waals surface area contributed by atoms with Crippen LogP contribution in [-0.4, -0.2) is 41.0 Å². The minimum Gasteiger partial charge on any atom is -0.449 e. The second-order valence-corrected chi connectivity index (χ2v) is 8.95. The number of rotatable bonds is 6. The van der Waals surface area contributed by atoms with Gasteiger partial charge in [-0.15, -0.1) is 11.3 Å². The van der Waals surface area contributed by atoms with Crippen molar-refractivity contribution in [1.29, 1.82) is 0 Å². The molecule has 6 heteroatoms. The van der Waals surface area contributed by atoms with Gasteiger partial charge < -0.3 is 9.64 Å². The van der Waals surface area contributed by atoms with E-state index < -0.39 is 12.1 Å². The van der Waals surface area contributed by atoms with E-state index in [4.69, 9.17) is 4.74 Å². The zero-order valence-corrected chi connectivity index (χ0v) is 18.4. The van der Waals surface area contributed by atoms with Crippen molar-refractivity contribution in [3.05, 3.63) is 71.2 Å². The second kappa shape index (κ2) is 9.88. The lowest BCUT2D eigenvalue weighted by molar-refractivity contribution is -0.156. The van der Waals surface area contributed by atoms with Crippen molar-refractivity contribution in [2.75, 3.05) is 13.1 Å². The Morgan fingerprint density at radius 2 is 1.84 bits per heavy atom.